The monoisotopic (exact) mass is 1260 g/mol. The quantitative estimate of drug-likeness (QED) is 0.0199. The lowest BCUT2D eigenvalue weighted by molar-refractivity contribution is -0.379. The Balaban J connectivity index is 1.44. The summed E-state index contributed by atoms with van der Waals surface area (Å²) in [5.74, 6) is -0.274. The molecule has 0 spiro atoms. The van der Waals surface area contributed by atoms with Gasteiger partial charge in [-0.15, -0.1) is 0 Å². The highest BCUT2D eigenvalue weighted by atomic mass is 16.8. The minimum absolute atomic E-state index is 0.243. The lowest BCUT2D eigenvalue weighted by Gasteiger charge is -2.48. The molecule has 518 valence electrons. The standard InChI is InChI=1S/C69H129NO18/c1-3-5-7-9-11-13-15-17-19-21-23-25-27-28-30-32-34-36-38-40-42-44-46-53(74)52(70-57(75)47-45-43-41-39-37-35-33-31-29-26-24-22-20-18-16-14-12-10-8-6-4-2)51-83-67-63(81)60(78)65(55(49-72)85-67)88-69-64(82)61(79)66(56(50-73)86-69)87-68-62(80)59(77)58(76)54(48-71)84-68/h22,24,44,46,52-56,58-69,71-74,76-82H,3-21,23,25-43,45,47-51H2,1-2H3,(H,70,75)/b24-22-,46-44+. The summed E-state index contributed by atoms with van der Waals surface area (Å²) >= 11 is 0. The Morgan fingerprint density at radius 3 is 1.10 bits per heavy atom. The molecule has 17 unspecified atom stereocenters. The Bertz CT molecular complexity index is 1690. The Morgan fingerprint density at radius 1 is 0.398 bits per heavy atom. The number of aliphatic hydroxyl groups is 11. The lowest BCUT2D eigenvalue weighted by Crippen LogP contribution is -2.66. The second-order valence-electron chi connectivity index (χ2n) is 25.7. The molecule has 0 radical (unpaired) electrons. The Labute approximate surface area is 530 Å². The first-order chi connectivity index (χ1) is 42.8. The Hall–Kier alpha value is -1.73. The highest BCUT2D eigenvalue weighted by Gasteiger charge is 2.53. The van der Waals surface area contributed by atoms with Crippen LogP contribution in [0.3, 0.4) is 0 Å². The third-order valence-corrected chi connectivity index (χ3v) is 18.0. The molecule has 3 aliphatic heterocycles. The molecule has 3 aliphatic rings. The summed E-state index contributed by atoms with van der Waals surface area (Å²) in [7, 11) is 0. The SMILES string of the molecule is CCCCCCCCCC/C=C\CCCCCCCCCCCC(=O)NC(COC1OC(CO)C(OC2OC(CO)C(OC3OC(CO)C(O)C(O)C3O)C(O)C2O)C(O)C1O)C(O)/C=C/CCCCCCCCCCCCCCCCCCCCCC. The number of ether oxygens (including phenoxy) is 6. The van der Waals surface area contributed by atoms with Crippen LogP contribution in [0.1, 0.15) is 277 Å². The van der Waals surface area contributed by atoms with Crippen LogP contribution in [0.2, 0.25) is 0 Å². The maximum Gasteiger partial charge on any atom is 0.220 e. The van der Waals surface area contributed by atoms with E-state index in [1.165, 1.54) is 199 Å². The molecule has 0 aliphatic carbocycles. The van der Waals surface area contributed by atoms with Crippen LogP contribution < -0.4 is 5.32 Å². The van der Waals surface area contributed by atoms with Gasteiger partial charge in [-0.05, 0) is 44.9 Å². The maximum absolute atomic E-state index is 13.4. The number of rotatable bonds is 55. The summed E-state index contributed by atoms with van der Waals surface area (Å²) in [6, 6.07) is -0.973. The van der Waals surface area contributed by atoms with E-state index in [0.717, 1.165) is 51.4 Å². The molecule has 0 aromatic carbocycles. The van der Waals surface area contributed by atoms with Crippen LogP contribution in [0, 0.1) is 0 Å². The largest absolute Gasteiger partial charge is 0.394 e. The van der Waals surface area contributed by atoms with Gasteiger partial charge in [0.25, 0.3) is 0 Å². The topological polar surface area (TPSA) is 307 Å². The van der Waals surface area contributed by atoms with Crippen LogP contribution in [0.4, 0.5) is 0 Å². The van der Waals surface area contributed by atoms with Gasteiger partial charge in [0, 0.05) is 6.42 Å². The average molecular weight is 1260 g/mol. The maximum atomic E-state index is 13.4. The van der Waals surface area contributed by atoms with Crippen molar-refractivity contribution in [3.05, 3.63) is 24.3 Å². The predicted octanol–water partition coefficient (Wildman–Crippen LogP) is 9.44. The molecule has 19 heteroatoms. The van der Waals surface area contributed by atoms with Crippen molar-refractivity contribution in [2.24, 2.45) is 0 Å². The van der Waals surface area contributed by atoms with Crippen molar-refractivity contribution >= 4 is 5.91 Å². The van der Waals surface area contributed by atoms with E-state index in [-0.39, 0.29) is 18.9 Å². The normalized spacial score (nSPS) is 28.5. The van der Waals surface area contributed by atoms with E-state index in [0.29, 0.717) is 6.42 Å². The van der Waals surface area contributed by atoms with E-state index >= 15 is 0 Å². The minimum atomic E-state index is -1.98. The fourth-order valence-electron chi connectivity index (χ4n) is 12.2. The summed E-state index contributed by atoms with van der Waals surface area (Å²) in [6.45, 7) is 1.77. The number of hydrogen-bond donors (Lipinski definition) is 12. The van der Waals surface area contributed by atoms with Gasteiger partial charge in [-0.2, -0.15) is 0 Å². The number of carbonyl (C=O) groups is 1. The van der Waals surface area contributed by atoms with Gasteiger partial charge in [0.15, 0.2) is 18.9 Å². The van der Waals surface area contributed by atoms with Crippen LogP contribution >= 0.6 is 0 Å². The number of carbonyl (C=O) groups excluding carboxylic acids is 1. The molecule has 12 N–H and O–H groups in total. The summed E-state index contributed by atoms with van der Waals surface area (Å²) < 4.78 is 34.4. The highest BCUT2D eigenvalue weighted by Crippen LogP contribution is 2.33. The van der Waals surface area contributed by atoms with Gasteiger partial charge in [-0.3, -0.25) is 4.79 Å². The second kappa shape index (κ2) is 51.7. The summed E-state index contributed by atoms with van der Waals surface area (Å²) in [5.41, 5.74) is 0. The molecule has 3 rings (SSSR count). The fourth-order valence-corrected chi connectivity index (χ4v) is 12.2. The van der Waals surface area contributed by atoms with Crippen LogP contribution in [-0.4, -0.2) is 193 Å². The Morgan fingerprint density at radius 2 is 0.716 bits per heavy atom. The molecule has 17 atom stereocenters. The van der Waals surface area contributed by atoms with E-state index in [4.69, 9.17) is 28.4 Å². The van der Waals surface area contributed by atoms with Crippen LogP contribution in [0.15, 0.2) is 24.3 Å². The zero-order chi connectivity index (χ0) is 64.0. The van der Waals surface area contributed by atoms with E-state index in [1.807, 2.05) is 6.08 Å². The van der Waals surface area contributed by atoms with Gasteiger partial charge in [0.05, 0.1) is 38.6 Å². The molecule has 3 saturated heterocycles. The van der Waals surface area contributed by atoms with Crippen molar-refractivity contribution < 1.29 is 89.4 Å². The van der Waals surface area contributed by atoms with Crippen LogP contribution in [0.25, 0.3) is 0 Å². The van der Waals surface area contributed by atoms with Gasteiger partial charge >= 0.3 is 0 Å². The second-order valence-corrected chi connectivity index (χ2v) is 25.7. The molecular formula is C69H129NO18. The molecule has 88 heavy (non-hydrogen) atoms. The van der Waals surface area contributed by atoms with Gasteiger partial charge < -0.3 is 89.9 Å². The smallest absolute Gasteiger partial charge is 0.220 e. The van der Waals surface area contributed by atoms with E-state index in [2.05, 4.69) is 31.3 Å². The summed E-state index contributed by atoms with van der Waals surface area (Å²) in [4.78, 5) is 13.4. The fraction of sp³-hybridized carbons (Fsp3) is 0.928. The molecule has 1 amide bonds. The third-order valence-electron chi connectivity index (χ3n) is 18.0. The molecule has 0 saturated carbocycles. The summed E-state index contributed by atoms with van der Waals surface area (Å²) in [6.07, 6.45) is 31.5. The van der Waals surface area contributed by atoms with Crippen molar-refractivity contribution in [2.45, 2.75) is 381 Å². The number of unbranched alkanes of at least 4 members (excludes halogenated alkanes) is 37. The minimum Gasteiger partial charge on any atom is -0.394 e. The first-order valence-electron chi connectivity index (χ1n) is 35.6. The van der Waals surface area contributed by atoms with Gasteiger partial charge in [0.2, 0.25) is 5.91 Å². The summed E-state index contributed by atoms with van der Waals surface area (Å²) in [5, 5.41) is 121. The van der Waals surface area contributed by atoms with Gasteiger partial charge in [-0.1, -0.05) is 250 Å². The first-order valence-corrected chi connectivity index (χ1v) is 35.6. The average Bonchev–Trinajstić information content (AvgIpc) is 3.72. The van der Waals surface area contributed by atoms with Crippen LogP contribution in [0.5, 0.6) is 0 Å². The predicted molar refractivity (Wildman–Crippen MR) is 342 cm³/mol. The number of allylic oxidation sites excluding steroid dienone is 3. The van der Waals surface area contributed by atoms with Crippen molar-refractivity contribution in [3.63, 3.8) is 0 Å². The van der Waals surface area contributed by atoms with E-state index < -0.39 is 124 Å². The number of aliphatic hydroxyl groups excluding tert-OH is 11. The van der Waals surface area contributed by atoms with Gasteiger partial charge in [-0.25, -0.2) is 0 Å². The molecule has 19 nitrogen and oxygen atoms in total. The van der Waals surface area contributed by atoms with Crippen molar-refractivity contribution in [1.29, 1.82) is 0 Å². The number of nitrogens with one attached hydrogen (secondary N) is 1. The molecule has 3 heterocycles. The van der Waals surface area contributed by atoms with E-state index in [1.54, 1.807) is 6.08 Å². The third kappa shape index (κ3) is 33.4. The zero-order valence-corrected chi connectivity index (χ0v) is 54.7. The molecular weight excluding hydrogens is 1130 g/mol. The molecule has 0 bridgehead atoms. The van der Waals surface area contributed by atoms with Crippen LogP contribution in [-0.2, 0) is 33.2 Å². The van der Waals surface area contributed by atoms with Crippen molar-refractivity contribution in [2.75, 3.05) is 26.4 Å². The number of amides is 1. The lowest BCUT2D eigenvalue weighted by atomic mass is 9.96. The van der Waals surface area contributed by atoms with Crippen molar-refractivity contribution in [1.82, 2.24) is 5.32 Å². The van der Waals surface area contributed by atoms with E-state index in [9.17, 15) is 61.0 Å². The molecule has 0 aromatic heterocycles. The Kier molecular flexibility index (Phi) is 47.3. The first kappa shape index (κ1) is 80.5. The van der Waals surface area contributed by atoms with Gasteiger partial charge in [0.1, 0.15) is 73.2 Å². The highest BCUT2D eigenvalue weighted by molar-refractivity contribution is 5.76. The zero-order valence-electron chi connectivity index (χ0n) is 54.7. The molecule has 0 aromatic rings. The molecule has 3 fully saturated rings. The van der Waals surface area contributed by atoms with Crippen molar-refractivity contribution in [3.8, 4) is 0 Å². The number of hydrogen-bond acceptors (Lipinski definition) is 18.